The minimum absolute atomic E-state index is 0.131. The molecule has 1 aliphatic rings. The van der Waals surface area contributed by atoms with Gasteiger partial charge in [0.2, 0.25) is 0 Å². The number of aliphatic hydroxyl groups is 1. The number of phosphoric ester groups is 1. The third-order valence-corrected chi connectivity index (χ3v) is 9.04. The van der Waals surface area contributed by atoms with Crippen molar-refractivity contribution in [3.05, 3.63) is 69.0 Å². The molecule has 0 aliphatic carbocycles. The van der Waals surface area contributed by atoms with Crippen molar-refractivity contribution >= 4 is 21.4 Å². The van der Waals surface area contributed by atoms with Crippen LogP contribution in [0.2, 0.25) is 0 Å². The molecule has 1 aromatic carbocycles. The zero-order valence-electron chi connectivity index (χ0n) is 19.4. The summed E-state index contributed by atoms with van der Waals surface area (Å²) in [4.78, 5) is 58.3. The number of nitrogens with one attached hydrogen (secondary N) is 1. The lowest BCUT2D eigenvalue weighted by molar-refractivity contribution is -0.0596. The highest BCUT2D eigenvalue weighted by molar-refractivity contribution is 7.64. The zero-order chi connectivity index (χ0) is 26.9. The Morgan fingerprint density at radius 3 is 2.36 bits per heavy atom. The van der Waals surface area contributed by atoms with Crippen molar-refractivity contribution in [3.63, 3.8) is 0 Å². The van der Waals surface area contributed by atoms with Crippen molar-refractivity contribution in [1.29, 1.82) is 0 Å². The van der Waals surface area contributed by atoms with Gasteiger partial charge in [0.1, 0.15) is 12.2 Å². The summed E-state index contributed by atoms with van der Waals surface area (Å²) in [5.74, 6) is -0.866. The summed E-state index contributed by atoms with van der Waals surface area (Å²) in [5.41, 5.74) is -1.52. The second kappa shape index (κ2) is 10.5. The Morgan fingerprint density at radius 2 is 1.78 bits per heavy atom. The molecule has 1 aliphatic heterocycles. The van der Waals surface area contributed by atoms with Crippen LogP contribution in [0.15, 0.2) is 52.2 Å². The van der Waals surface area contributed by atoms with E-state index in [4.69, 9.17) is 14.0 Å². The monoisotopic (exact) mass is 548 g/mol. The molecule has 3 unspecified atom stereocenters. The number of rotatable bonds is 8. The number of aromatic nitrogens is 2. The number of ether oxygens (including phenoxy) is 2. The van der Waals surface area contributed by atoms with Crippen LogP contribution in [0.5, 0.6) is 0 Å². The molecule has 1 saturated heterocycles. The fraction of sp³-hybridized carbons (Fsp3) is 0.450. The standard InChI is InChI=1S/C20H26N2O12P2/c1-20(2,3)35(27,28)34-36(29,30)31-11-13-15(24)16(33-18(25)12-7-5-4-6-8-12)17(32-13)22-10-9-14(23)21-19(22)26/h4-10,13,15-17,24H,11H2,1-3H3,(H,27,28)(H,29,30)(H,21,23,26)/t13-,15+,16?,17-/m1/s1. The fourth-order valence-electron chi connectivity index (χ4n) is 3.05. The SMILES string of the molecule is CC(C)(C)P(=O)(O)OP(=O)(O)OC[C@H]1O[C@@H](n2ccc(=O)[nH]c2=O)C(OC(=O)c2ccccc2)[C@H]1O. The van der Waals surface area contributed by atoms with E-state index in [0.717, 1.165) is 16.8 Å². The molecule has 0 spiro atoms. The maximum atomic E-state index is 12.6. The highest BCUT2D eigenvalue weighted by Crippen LogP contribution is 2.66. The topological polar surface area (TPSA) is 204 Å². The number of aromatic amines is 1. The first-order chi connectivity index (χ1) is 16.6. The summed E-state index contributed by atoms with van der Waals surface area (Å²) in [7, 11) is -9.72. The van der Waals surface area contributed by atoms with E-state index in [1.54, 1.807) is 18.2 Å². The first-order valence-corrected chi connectivity index (χ1v) is 13.6. The van der Waals surface area contributed by atoms with E-state index in [0.29, 0.717) is 0 Å². The Hall–Kier alpha value is -2.41. The molecule has 6 atom stereocenters. The van der Waals surface area contributed by atoms with Gasteiger partial charge in [0.15, 0.2) is 12.3 Å². The Labute approximate surface area is 204 Å². The molecule has 2 aromatic rings. The van der Waals surface area contributed by atoms with Crippen LogP contribution in [0, 0.1) is 0 Å². The van der Waals surface area contributed by atoms with Crippen molar-refractivity contribution in [1.82, 2.24) is 9.55 Å². The Bertz CT molecular complexity index is 1300. The van der Waals surface area contributed by atoms with Gasteiger partial charge in [0.05, 0.1) is 17.3 Å². The highest BCUT2D eigenvalue weighted by Gasteiger charge is 2.49. The summed E-state index contributed by atoms with van der Waals surface area (Å²) in [6.45, 7) is 3.09. The zero-order valence-corrected chi connectivity index (χ0v) is 21.2. The molecule has 0 bridgehead atoms. The van der Waals surface area contributed by atoms with Crippen LogP contribution in [-0.2, 0) is 27.4 Å². The molecule has 14 nitrogen and oxygen atoms in total. The summed E-state index contributed by atoms with van der Waals surface area (Å²) in [6.07, 6.45) is -5.09. The predicted molar refractivity (Wildman–Crippen MR) is 123 cm³/mol. The summed E-state index contributed by atoms with van der Waals surface area (Å²) in [5, 5.41) is 9.40. The maximum Gasteiger partial charge on any atom is 0.479 e. The van der Waals surface area contributed by atoms with Crippen LogP contribution in [0.25, 0.3) is 0 Å². The summed E-state index contributed by atoms with van der Waals surface area (Å²) in [6, 6.07) is 8.73. The molecule has 4 N–H and O–H groups in total. The summed E-state index contributed by atoms with van der Waals surface area (Å²) < 4.78 is 45.6. The Kier molecular flexibility index (Phi) is 8.23. The van der Waals surface area contributed by atoms with Crippen LogP contribution < -0.4 is 11.2 Å². The van der Waals surface area contributed by atoms with E-state index >= 15 is 0 Å². The largest absolute Gasteiger partial charge is 0.479 e. The quantitative estimate of drug-likeness (QED) is 0.271. The van der Waals surface area contributed by atoms with E-state index in [2.05, 4.69) is 4.31 Å². The summed E-state index contributed by atoms with van der Waals surface area (Å²) >= 11 is 0. The molecule has 3 rings (SSSR count). The molecule has 16 heteroatoms. The average Bonchev–Trinajstić information content (AvgIpc) is 3.06. The first-order valence-electron chi connectivity index (χ1n) is 10.5. The predicted octanol–water partition coefficient (Wildman–Crippen LogP) is 1.14. The van der Waals surface area contributed by atoms with Crippen LogP contribution in [0.4, 0.5) is 0 Å². The fourth-order valence-corrected chi connectivity index (χ4v) is 5.68. The number of hydrogen-bond donors (Lipinski definition) is 4. The van der Waals surface area contributed by atoms with E-state index in [1.807, 2.05) is 4.98 Å². The van der Waals surface area contributed by atoms with Gasteiger partial charge in [-0.15, -0.1) is 0 Å². The van der Waals surface area contributed by atoms with Gasteiger partial charge in [0.25, 0.3) is 5.56 Å². The Morgan fingerprint density at radius 1 is 1.14 bits per heavy atom. The molecule has 0 amide bonds. The lowest BCUT2D eigenvalue weighted by Crippen LogP contribution is -2.40. The van der Waals surface area contributed by atoms with Gasteiger partial charge in [0, 0.05) is 12.3 Å². The van der Waals surface area contributed by atoms with Gasteiger partial charge >= 0.3 is 27.1 Å². The Balaban J connectivity index is 1.83. The number of carbonyl (C=O) groups excluding carboxylic acids is 1. The second-order valence-electron chi connectivity index (χ2n) is 8.85. The molecular weight excluding hydrogens is 522 g/mol. The lowest BCUT2D eigenvalue weighted by Gasteiger charge is -2.26. The van der Waals surface area contributed by atoms with Crippen LogP contribution in [0.1, 0.15) is 37.4 Å². The molecule has 2 heterocycles. The van der Waals surface area contributed by atoms with Crippen molar-refractivity contribution in [2.75, 3.05) is 6.61 Å². The lowest BCUT2D eigenvalue weighted by atomic mass is 10.1. The van der Waals surface area contributed by atoms with Gasteiger partial charge in [-0.25, -0.2) is 18.5 Å². The number of benzene rings is 1. The molecule has 1 fully saturated rings. The van der Waals surface area contributed by atoms with Gasteiger partial charge in [-0.05, 0) is 32.9 Å². The third-order valence-electron chi connectivity index (χ3n) is 5.15. The van der Waals surface area contributed by atoms with E-state index < -0.39 is 68.9 Å². The number of esters is 1. The van der Waals surface area contributed by atoms with Crippen LogP contribution in [-0.4, -0.2) is 60.5 Å². The van der Waals surface area contributed by atoms with Crippen molar-refractivity contribution < 1.29 is 47.1 Å². The third kappa shape index (κ3) is 6.47. The van der Waals surface area contributed by atoms with E-state index in [1.165, 1.54) is 32.9 Å². The molecule has 0 radical (unpaired) electrons. The second-order valence-corrected chi connectivity index (χ2v) is 13.1. The number of carbonyl (C=O) groups is 1. The van der Waals surface area contributed by atoms with Crippen molar-refractivity contribution in [2.45, 2.75) is 50.5 Å². The number of phosphoric acid groups is 1. The van der Waals surface area contributed by atoms with Crippen LogP contribution >= 0.6 is 15.4 Å². The number of hydrogen-bond acceptors (Lipinski definition) is 10. The molecule has 0 saturated carbocycles. The normalized spacial score (nSPS) is 25.6. The molecular formula is C20H26N2O12P2. The number of nitrogens with zero attached hydrogens (tertiary/aromatic N) is 1. The smallest absolute Gasteiger partial charge is 0.451 e. The highest BCUT2D eigenvalue weighted by atomic mass is 31.3. The first kappa shape index (κ1) is 28.2. The van der Waals surface area contributed by atoms with Gasteiger partial charge in [-0.1, -0.05) is 18.2 Å². The van der Waals surface area contributed by atoms with Crippen molar-refractivity contribution in [3.8, 4) is 0 Å². The minimum Gasteiger partial charge on any atom is -0.451 e. The average molecular weight is 548 g/mol. The number of H-pyrrole nitrogens is 1. The van der Waals surface area contributed by atoms with Gasteiger partial charge in [-0.2, -0.15) is 0 Å². The van der Waals surface area contributed by atoms with E-state index in [9.17, 15) is 38.4 Å². The van der Waals surface area contributed by atoms with E-state index in [-0.39, 0.29) is 5.56 Å². The molecule has 1 aromatic heterocycles. The minimum atomic E-state index is -5.12. The molecule has 36 heavy (non-hydrogen) atoms. The molecule has 198 valence electrons. The van der Waals surface area contributed by atoms with Crippen molar-refractivity contribution in [2.24, 2.45) is 0 Å². The van der Waals surface area contributed by atoms with Gasteiger partial charge in [-0.3, -0.25) is 23.4 Å². The van der Waals surface area contributed by atoms with Crippen LogP contribution in [0.3, 0.4) is 0 Å². The number of aliphatic hydroxyl groups excluding tert-OH is 1. The van der Waals surface area contributed by atoms with Gasteiger partial charge < -0.3 is 24.4 Å². The maximum absolute atomic E-state index is 12.6.